The molecule has 0 aliphatic heterocycles. The Bertz CT molecular complexity index is 909. The Kier molecular flexibility index (Phi) is 4.64. The van der Waals surface area contributed by atoms with Gasteiger partial charge in [0.25, 0.3) is 0 Å². The summed E-state index contributed by atoms with van der Waals surface area (Å²) in [5, 5.41) is 17.3. The predicted octanol–water partition coefficient (Wildman–Crippen LogP) is 1.86. The molecule has 0 unspecified atom stereocenters. The molecule has 9 heteroatoms. The lowest BCUT2D eigenvalue weighted by atomic mass is 10.1. The third-order valence-electron chi connectivity index (χ3n) is 3.66. The Morgan fingerprint density at radius 1 is 1.32 bits per heavy atom. The summed E-state index contributed by atoms with van der Waals surface area (Å²) in [7, 11) is 0. The lowest BCUT2D eigenvalue weighted by Crippen LogP contribution is -2.13. The Labute approximate surface area is 142 Å². The minimum Gasteiger partial charge on any atom is -0.383 e. The van der Waals surface area contributed by atoms with Crippen molar-refractivity contribution in [3.8, 4) is 11.3 Å². The van der Waals surface area contributed by atoms with Crippen LogP contribution in [0.3, 0.4) is 0 Å². The van der Waals surface area contributed by atoms with Crippen molar-refractivity contribution < 1.29 is 9.18 Å². The monoisotopic (exact) mass is 341 g/mol. The maximum absolute atomic E-state index is 12.9. The zero-order valence-corrected chi connectivity index (χ0v) is 13.5. The smallest absolute Gasteiger partial charge is 0.225 e. The number of rotatable bonds is 5. The van der Waals surface area contributed by atoms with E-state index in [0.717, 1.165) is 16.8 Å². The molecule has 0 aliphatic carbocycles. The van der Waals surface area contributed by atoms with Crippen molar-refractivity contribution >= 4 is 17.5 Å². The molecule has 25 heavy (non-hydrogen) atoms. The zero-order valence-electron chi connectivity index (χ0n) is 13.5. The number of nitrogens with one attached hydrogen (secondary N) is 2. The number of nitrogen functional groups attached to an aromatic ring is 1. The molecule has 4 N–H and O–H groups in total. The average molecular weight is 341 g/mol. The molecule has 8 nitrogen and oxygen atoms in total. The van der Waals surface area contributed by atoms with Gasteiger partial charge in [0.05, 0.1) is 18.1 Å². The summed E-state index contributed by atoms with van der Waals surface area (Å²) in [6.07, 6.45) is 3.81. The summed E-state index contributed by atoms with van der Waals surface area (Å²) < 4.78 is 12.9. The van der Waals surface area contributed by atoms with Gasteiger partial charge < -0.3 is 11.1 Å². The van der Waals surface area contributed by atoms with Crippen LogP contribution in [0.4, 0.5) is 16.0 Å². The molecule has 0 aliphatic rings. The molecule has 0 radical (unpaired) electrons. The SMILES string of the molecule is Cc1cnncc1-c1cc(NC(=O)CCc2ccc(F)nc2N)n[nH]1. The zero-order chi connectivity index (χ0) is 17.8. The first-order valence-electron chi connectivity index (χ1n) is 7.57. The van der Waals surface area contributed by atoms with Crippen molar-refractivity contribution in [3.63, 3.8) is 0 Å². The van der Waals surface area contributed by atoms with Gasteiger partial charge in [-0.3, -0.25) is 9.89 Å². The molecule has 0 saturated heterocycles. The molecule has 3 rings (SSSR count). The standard InChI is InChI=1S/C16H16FN7O/c1-9-7-19-20-8-11(9)12-6-14(24-23-12)22-15(25)5-3-10-2-4-13(17)21-16(10)18/h2,4,6-8H,3,5H2,1H3,(H2,18,21)(H2,22,23,24,25). The second-order valence-electron chi connectivity index (χ2n) is 5.48. The molecule has 128 valence electrons. The van der Waals surface area contributed by atoms with E-state index in [1.165, 1.54) is 12.1 Å². The second kappa shape index (κ2) is 7.04. The molecule has 0 saturated carbocycles. The number of halogens is 1. The third kappa shape index (κ3) is 3.94. The van der Waals surface area contributed by atoms with Crippen LogP contribution in [-0.4, -0.2) is 31.3 Å². The van der Waals surface area contributed by atoms with Crippen molar-refractivity contribution in [1.29, 1.82) is 0 Å². The van der Waals surface area contributed by atoms with Crippen LogP contribution in [0.25, 0.3) is 11.3 Å². The molecule has 0 bridgehead atoms. The largest absolute Gasteiger partial charge is 0.383 e. The van der Waals surface area contributed by atoms with E-state index in [2.05, 4.69) is 30.7 Å². The molecule has 3 aromatic rings. The number of amides is 1. The van der Waals surface area contributed by atoms with Gasteiger partial charge in [0, 0.05) is 18.1 Å². The van der Waals surface area contributed by atoms with Gasteiger partial charge in [-0.15, -0.1) is 0 Å². The number of carbonyl (C=O) groups is 1. The Morgan fingerprint density at radius 3 is 2.88 bits per heavy atom. The van der Waals surface area contributed by atoms with Gasteiger partial charge in [-0.1, -0.05) is 6.07 Å². The highest BCUT2D eigenvalue weighted by molar-refractivity contribution is 5.90. The number of aromatic amines is 1. The van der Waals surface area contributed by atoms with Crippen LogP contribution in [0.1, 0.15) is 17.5 Å². The van der Waals surface area contributed by atoms with Gasteiger partial charge in [-0.2, -0.15) is 19.7 Å². The van der Waals surface area contributed by atoms with Crippen LogP contribution in [0.5, 0.6) is 0 Å². The highest BCUT2D eigenvalue weighted by Gasteiger charge is 2.11. The van der Waals surface area contributed by atoms with E-state index in [4.69, 9.17) is 5.73 Å². The maximum Gasteiger partial charge on any atom is 0.225 e. The summed E-state index contributed by atoms with van der Waals surface area (Å²) >= 11 is 0. The quantitative estimate of drug-likeness (QED) is 0.609. The number of H-pyrrole nitrogens is 1. The van der Waals surface area contributed by atoms with Crippen molar-refractivity contribution in [1.82, 2.24) is 25.4 Å². The highest BCUT2D eigenvalue weighted by atomic mass is 19.1. The molecule has 0 atom stereocenters. The van der Waals surface area contributed by atoms with Crippen LogP contribution in [-0.2, 0) is 11.2 Å². The van der Waals surface area contributed by atoms with E-state index in [1.807, 2.05) is 6.92 Å². The van der Waals surface area contributed by atoms with Crippen molar-refractivity contribution in [3.05, 3.63) is 47.7 Å². The lowest BCUT2D eigenvalue weighted by molar-refractivity contribution is -0.116. The number of pyridine rings is 1. The summed E-state index contributed by atoms with van der Waals surface area (Å²) in [6.45, 7) is 1.91. The van der Waals surface area contributed by atoms with Gasteiger partial charge in [-0.05, 0) is 30.5 Å². The van der Waals surface area contributed by atoms with Crippen molar-refractivity contribution in [2.24, 2.45) is 0 Å². The molecular weight excluding hydrogens is 325 g/mol. The number of hydrogen-bond acceptors (Lipinski definition) is 6. The molecule has 0 spiro atoms. The topological polar surface area (TPSA) is 122 Å². The minimum atomic E-state index is -0.643. The fourth-order valence-corrected chi connectivity index (χ4v) is 2.33. The number of nitrogens with two attached hydrogens (primary N) is 1. The maximum atomic E-state index is 12.9. The first-order valence-corrected chi connectivity index (χ1v) is 7.57. The Balaban J connectivity index is 1.61. The van der Waals surface area contributed by atoms with Crippen molar-refractivity contribution in [2.45, 2.75) is 19.8 Å². The predicted molar refractivity (Wildman–Crippen MR) is 89.9 cm³/mol. The van der Waals surface area contributed by atoms with E-state index >= 15 is 0 Å². The van der Waals surface area contributed by atoms with Crippen LogP contribution < -0.4 is 11.1 Å². The molecule has 1 amide bonds. The molecular formula is C16H16FN7O. The van der Waals surface area contributed by atoms with Crippen LogP contribution >= 0.6 is 0 Å². The second-order valence-corrected chi connectivity index (χ2v) is 5.48. The van der Waals surface area contributed by atoms with Gasteiger partial charge >= 0.3 is 0 Å². The molecule has 3 heterocycles. The average Bonchev–Trinajstić information content (AvgIpc) is 3.02. The molecule has 0 aromatic carbocycles. The highest BCUT2D eigenvalue weighted by Crippen LogP contribution is 2.21. The first kappa shape index (κ1) is 16.5. The van der Waals surface area contributed by atoms with E-state index in [-0.39, 0.29) is 18.1 Å². The third-order valence-corrected chi connectivity index (χ3v) is 3.66. The Morgan fingerprint density at radius 2 is 2.12 bits per heavy atom. The number of hydrogen-bond donors (Lipinski definition) is 3. The van der Waals surface area contributed by atoms with E-state index in [0.29, 0.717) is 17.8 Å². The van der Waals surface area contributed by atoms with E-state index in [9.17, 15) is 9.18 Å². The van der Waals surface area contributed by atoms with E-state index in [1.54, 1.807) is 18.5 Å². The summed E-state index contributed by atoms with van der Waals surface area (Å²) in [5.74, 6) is -0.376. The van der Waals surface area contributed by atoms with Gasteiger partial charge in [0.1, 0.15) is 5.82 Å². The van der Waals surface area contributed by atoms with Gasteiger partial charge in [0.15, 0.2) is 5.82 Å². The fraction of sp³-hybridized carbons (Fsp3) is 0.188. The Hall–Kier alpha value is -3.36. The lowest BCUT2D eigenvalue weighted by Gasteiger charge is -2.04. The number of carbonyl (C=O) groups excluding carboxylic acids is 1. The van der Waals surface area contributed by atoms with Gasteiger partial charge in [-0.25, -0.2) is 4.98 Å². The van der Waals surface area contributed by atoms with E-state index < -0.39 is 5.95 Å². The normalized spacial score (nSPS) is 10.6. The first-order chi connectivity index (χ1) is 12.0. The molecule has 3 aromatic heterocycles. The summed E-state index contributed by atoms with van der Waals surface area (Å²) in [6, 6.07) is 4.46. The van der Waals surface area contributed by atoms with Crippen molar-refractivity contribution in [2.75, 3.05) is 11.1 Å². The van der Waals surface area contributed by atoms with Crippen LogP contribution in [0.2, 0.25) is 0 Å². The van der Waals surface area contributed by atoms with Crippen LogP contribution in [0.15, 0.2) is 30.6 Å². The minimum absolute atomic E-state index is 0.0931. The summed E-state index contributed by atoms with van der Waals surface area (Å²) in [4.78, 5) is 15.6. The number of aromatic nitrogens is 5. The fourth-order valence-electron chi connectivity index (χ4n) is 2.33. The van der Waals surface area contributed by atoms with Gasteiger partial charge in [0.2, 0.25) is 11.9 Å². The molecule has 0 fully saturated rings. The number of aryl methyl sites for hydroxylation is 2. The summed E-state index contributed by atoms with van der Waals surface area (Å²) in [5.41, 5.74) is 8.78. The number of anilines is 2. The number of nitrogens with zero attached hydrogens (tertiary/aromatic N) is 4. The van der Waals surface area contributed by atoms with Crippen LogP contribution in [0, 0.1) is 12.9 Å².